The van der Waals surface area contributed by atoms with Crippen molar-refractivity contribution in [1.82, 2.24) is 14.5 Å². The zero-order chi connectivity index (χ0) is 18.5. The lowest BCUT2D eigenvalue weighted by Gasteiger charge is -2.18. The summed E-state index contributed by atoms with van der Waals surface area (Å²) in [5.41, 5.74) is 3.53. The molecule has 0 amide bonds. The molecule has 6 nitrogen and oxygen atoms in total. The number of rotatable bonds is 2. The SMILES string of the molecule is Cc1ccc(-n2cnc3c(sc4nccc(N5CC[C@H](O)C5)c43)c2=O)cc1. The molecular formula is C20H18N4O2S. The summed E-state index contributed by atoms with van der Waals surface area (Å²) in [7, 11) is 0. The van der Waals surface area contributed by atoms with Gasteiger partial charge in [0, 0.05) is 19.3 Å². The number of aliphatic hydroxyl groups excluding tert-OH is 1. The highest BCUT2D eigenvalue weighted by Crippen LogP contribution is 2.37. The molecule has 0 aliphatic carbocycles. The smallest absolute Gasteiger partial charge is 0.275 e. The molecule has 1 N–H and O–H groups in total. The molecule has 1 fully saturated rings. The fourth-order valence-electron chi connectivity index (χ4n) is 3.65. The first kappa shape index (κ1) is 16.4. The van der Waals surface area contributed by atoms with E-state index in [1.54, 1.807) is 17.1 Å². The van der Waals surface area contributed by atoms with Crippen LogP contribution >= 0.6 is 11.3 Å². The average Bonchev–Trinajstić information content (AvgIpc) is 3.27. The summed E-state index contributed by atoms with van der Waals surface area (Å²) in [5.74, 6) is 0. The molecule has 1 atom stereocenters. The number of aliphatic hydroxyl groups is 1. The largest absolute Gasteiger partial charge is 0.391 e. The van der Waals surface area contributed by atoms with Crippen LogP contribution in [0.3, 0.4) is 0 Å². The summed E-state index contributed by atoms with van der Waals surface area (Å²) >= 11 is 1.38. The molecule has 4 aromatic rings. The lowest BCUT2D eigenvalue weighted by Crippen LogP contribution is -2.21. The van der Waals surface area contributed by atoms with E-state index in [1.165, 1.54) is 11.3 Å². The number of hydrogen-bond acceptors (Lipinski definition) is 6. The van der Waals surface area contributed by atoms with Crippen LogP contribution in [0.25, 0.3) is 26.1 Å². The molecule has 1 aromatic carbocycles. The number of thiophene rings is 1. The summed E-state index contributed by atoms with van der Waals surface area (Å²) in [6, 6.07) is 9.75. The topological polar surface area (TPSA) is 71.2 Å². The van der Waals surface area contributed by atoms with Crippen LogP contribution in [-0.4, -0.2) is 38.8 Å². The maximum atomic E-state index is 13.1. The van der Waals surface area contributed by atoms with Crippen molar-refractivity contribution >= 4 is 37.5 Å². The van der Waals surface area contributed by atoms with Crippen LogP contribution in [0.5, 0.6) is 0 Å². The van der Waals surface area contributed by atoms with Crippen molar-refractivity contribution < 1.29 is 5.11 Å². The van der Waals surface area contributed by atoms with Crippen molar-refractivity contribution in [2.24, 2.45) is 0 Å². The second-order valence-corrected chi connectivity index (χ2v) is 7.93. The van der Waals surface area contributed by atoms with Gasteiger partial charge in [-0.25, -0.2) is 9.97 Å². The first-order valence-corrected chi connectivity index (χ1v) is 9.72. The van der Waals surface area contributed by atoms with Crippen LogP contribution in [0.4, 0.5) is 5.69 Å². The van der Waals surface area contributed by atoms with E-state index in [-0.39, 0.29) is 11.7 Å². The number of hydrogen-bond donors (Lipinski definition) is 1. The van der Waals surface area contributed by atoms with Gasteiger partial charge in [-0.2, -0.15) is 0 Å². The van der Waals surface area contributed by atoms with E-state index in [4.69, 9.17) is 0 Å². The summed E-state index contributed by atoms with van der Waals surface area (Å²) in [6.07, 6.45) is 3.79. The van der Waals surface area contributed by atoms with Gasteiger partial charge >= 0.3 is 0 Å². The number of β-amino-alcohol motifs (C(OH)–C–C–N with tert-alkyl or cyclic N) is 1. The van der Waals surface area contributed by atoms with Gasteiger partial charge in [-0.1, -0.05) is 17.7 Å². The Balaban J connectivity index is 1.73. The van der Waals surface area contributed by atoms with Crippen LogP contribution in [-0.2, 0) is 0 Å². The molecule has 0 spiro atoms. The molecule has 4 heterocycles. The van der Waals surface area contributed by atoms with Crippen LogP contribution in [0, 0.1) is 6.92 Å². The molecule has 3 aromatic heterocycles. The van der Waals surface area contributed by atoms with E-state index in [0.29, 0.717) is 16.8 Å². The van der Waals surface area contributed by atoms with Gasteiger partial charge in [0.15, 0.2) is 0 Å². The summed E-state index contributed by atoms with van der Waals surface area (Å²) < 4.78 is 2.18. The second-order valence-electron chi connectivity index (χ2n) is 6.93. The first-order chi connectivity index (χ1) is 13.1. The zero-order valence-corrected chi connectivity index (χ0v) is 15.6. The highest BCUT2D eigenvalue weighted by atomic mass is 32.1. The minimum absolute atomic E-state index is 0.0840. The Hall–Kier alpha value is -2.77. The van der Waals surface area contributed by atoms with Gasteiger partial charge in [0.25, 0.3) is 5.56 Å². The lowest BCUT2D eigenvalue weighted by molar-refractivity contribution is 0.198. The van der Waals surface area contributed by atoms with Crippen LogP contribution in [0.15, 0.2) is 47.7 Å². The number of pyridine rings is 1. The third-order valence-corrected chi connectivity index (χ3v) is 6.15. The van der Waals surface area contributed by atoms with Crippen molar-refractivity contribution in [1.29, 1.82) is 0 Å². The van der Waals surface area contributed by atoms with Crippen LogP contribution < -0.4 is 10.5 Å². The third kappa shape index (κ3) is 2.62. The maximum Gasteiger partial charge on any atom is 0.275 e. The van der Waals surface area contributed by atoms with Crippen LogP contribution in [0.2, 0.25) is 0 Å². The maximum absolute atomic E-state index is 13.1. The van der Waals surface area contributed by atoms with Gasteiger partial charge < -0.3 is 10.0 Å². The minimum atomic E-state index is -0.315. The molecule has 0 radical (unpaired) electrons. The van der Waals surface area contributed by atoms with Crippen LogP contribution in [0.1, 0.15) is 12.0 Å². The van der Waals surface area contributed by atoms with E-state index in [2.05, 4.69) is 14.9 Å². The van der Waals surface area contributed by atoms with Gasteiger partial charge in [0.1, 0.15) is 21.4 Å². The standard InChI is InChI=1S/C20H18N4O2S/c1-12-2-4-13(5-3-12)24-11-22-17-16-15(23-9-7-14(25)10-23)6-8-21-19(16)27-18(17)20(24)26/h2-6,8,11,14,25H,7,9-10H2,1H3/t14-/m0/s1. The van der Waals surface area contributed by atoms with E-state index < -0.39 is 0 Å². The van der Waals surface area contributed by atoms with E-state index in [9.17, 15) is 9.90 Å². The van der Waals surface area contributed by atoms with E-state index in [0.717, 1.165) is 40.1 Å². The molecular weight excluding hydrogens is 360 g/mol. The van der Waals surface area contributed by atoms with Crippen molar-refractivity contribution in [2.75, 3.05) is 18.0 Å². The summed E-state index contributed by atoms with van der Waals surface area (Å²) in [4.78, 5) is 25.2. The molecule has 1 aliphatic heterocycles. The Labute approximate surface area is 159 Å². The Morgan fingerprint density at radius 3 is 2.74 bits per heavy atom. The minimum Gasteiger partial charge on any atom is -0.391 e. The van der Waals surface area contributed by atoms with E-state index in [1.807, 2.05) is 37.3 Å². The number of nitrogens with zero attached hydrogens (tertiary/aromatic N) is 4. The molecule has 0 bridgehead atoms. The van der Waals surface area contributed by atoms with E-state index >= 15 is 0 Å². The van der Waals surface area contributed by atoms with Gasteiger partial charge in [0.2, 0.25) is 0 Å². The highest BCUT2D eigenvalue weighted by Gasteiger charge is 2.24. The van der Waals surface area contributed by atoms with Gasteiger partial charge in [-0.05, 0) is 31.5 Å². The quantitative estimate of drug-likeness (QED) is 0.581. The highest BCUT2D eigenvalue weighted by molar-refractivity contribution is 7.25. The van der Waals surface area contributed by atoms with Gasteiger partial charge in [-0.3, -0.25) is 9.36 Å². The Morgan fingerprint density at radius 2 is 2.00 bits per heavy atom. The monoisotopic (exact) mass is 378 g/mol. The molecule has 7 heteroatoms. The summed E-state index contributed by atoms with van der Waals surface area (Å²) in [5, 5.41) is 10.8. The normalized spacial score (nSPS) is 17.3. The molecule has 5 rings (SSSR count). The average molecular weight is 378 g/mol. The zero-order valence-electron chi connectivity index (χ0n) is 14.8. The molecule has 1 saturated heterocycles. The van der Waals surface area contributed by atoms with Crippen molar-refractivity contribution in [3.05, 3.63) is 58.8 Å². The number of aromatic nitrogens is 3. The number of anilines is 1. The number of benzene rings is 1. The molecule has 136 valence electrons. The Kier molecular flexibility index (Phi) is 3.73. The summed E-state index contributed by atoms with van der Waals surface area (Å²) in [6.45, 7) is 3.40. The fourth-order valence-corrected chi connectivity index (χ4v) is 4.70. The van der Waals surface area contributed by atoms with Gasteiger partial charge in [-0.15, -0.1) is 11.3 Å². The Bertz CT molecular complexity index is 1210. The Morgan fingerprint density at radius 1 is 1.19 bits per heavy atom. The lowest BCUT2D eigenvalue weighted by atomic mass is 10.2. The predicted octanol–water partition coefficient (Wildman–Crippen LogP) is 2.87. The molecule has 0 saturated carbocycles. The fraction of sp³-hybridized carbons (Fsp3) is 0.250. The molecule has 27 heavy (non-hydrogen) atoms. The van der Waals surface area contributed by atoms with Crippen molar-refractivity contribution in [3.63, 3.8) is 0 Å². The number of fused-ring (bicyclic) bond motifs is 3. The van der Waals surface area contributed by atoms with Gasteiger partial charge in [0.05, 0.1) is 22.9 Å². The second kappa shape index (κ2) is 6.14. The first-order valence-electron chi connectivity index (χ1n) is 8.91. The third-order valence-electron chi connectivity index (χ3n) is 5.08. The number of aryl methyl sites for hydroxylation is 1. The molecule has 0 unspecified atom stereocenters. The van der Waals surface area contributed by atoms with Crippen molar-refractivity contribution in [3.8, 4) is 5.69 Å². The predicted molar refractivity (Wildman–Crippen MR) is 108 cm³/mol. The van der Waals surface area contributed by atoms with Crippen molar-refractivity contribution in [2.45, 2.75) is 19.4 Å². The molecule has 1 aliphatic rings.